The topological polar surface area (TPSA) is 70.4 Å². The predicted molar refractivity (Wildman–Crippen MR) is 81.5 cm³/mol. The normalized spacial score (nSPS) is 19.6. The minimum absolute atomic E-state index is 0.00935. The second-order valence-electron chi connectivity index (χ2n) is 5.65. The first kappa shape index (κ1) is 14.8. The number of aryl methyl sites for hydroxylation is 1. The quantitative estimate of drug-likeness (QED) is 0.573. The molecule has 0 radical (unpaired) electrons. The molecule has 1 fully saturated rings. The van der Waals surface area contributed by atoms with Gasteiger partial charge in [0.2, 0.25) is 0 Å². The molecule has 0 aliphatic carbocycles. The van der Waals surface area contributed by atoms with E-state index in [1.165, 1.54) is 12.8 Å². The summed E-state index contributed by atoms with van der Waals surface area (Å²) in [5.74, 6) is 5.94. The number of nitrogens with zero attached hydrogens (tertiary/aromatic N) is 1. The predicted octanol–water partition coefficient (Wildman–Crippen LogP) is 1.35. The second kappa shape index (κ2) is 6.72. The van der Waals surface area contributed by atoms with Gasteiger partial charge in [0.25, 0.3) is 5.91 Å². The van der Waals surface area contributed by atoms with E-state index in [-0.39, 0.29) is 5.91 Å². The number of nitrogens with two attached hydrogens (primary N) is 1. The third-order valence-corrected chi connectivity index (χ3v) is 3.92. The molecule has 0 bridgehead atoms. The Labute approximate surface area is 120 Å². The Morgan fingerprint density at radius 2 is 2.30 bits per heavy atom. The first-order valence-electron chi connectivity index (χ1n) is 7.14. The van der Waals surface area contributed by atoms with Crippen LogP contribution in [-0.2, 0) is 0 Å². The van der Waals surface area contributed by atoms with Gasteiger partial charge >= 0.3 is 0 Å². The van der Waals surface area contributed by atoms with Crippen molar-refractivity contribution in [1.82, 2.24) is 10.2 Å². The molecule has 1 heterocycles. The van der Waals surface area contributed by atoms with Crippen LogP contribution in [0.25, 0.3) is 0 Å². The molecule has 4 N–H and O–H groups in total. The lowest BCUT2D eigenvalue weighted by Crippen LogP contribution is -2.39. The molecule has 0 saturated carbocycles. The summed E-state index contributed by atoms with van der Waals surface area (Å²) in [6, 6.07) is 5.49. The summed E-state index contributed by atoms with van der Waals surface area (Å²) in [7, 11) is 2.13. The Kier molecular flexibility index (Phi) is 4.98. The van der Waals surface area contributed by atoms with Crippen LogP contribution >= 0.6 is 0 Å². The van der Waals surface area contributed by atoms with Gasteiger partial charge in [-0.05, 0) is 63.0 Å². The molecular weight excluding hydrogens is 252 g/mol. The molecule has 20 heavy (non-hydrogen) atoms. The van der Waals surface area contributed by atoms with Gasteiger partial charge in [-0.1, -0.05) is 0 Å². The summed E-state index contributed by atoms with van der Waals surface area (Å²) in [6.45, 7) is 4.91. The number of nitrogen functional groups attached to an aromatic ring is 1. The van der Waals surface area contributed by atoms with E-state index in [9.17, 15) is 4.79 Å². The number of carbonyl (C=O) groups excluding carboxylic acids is 1. The average Bonchev–Trinajstić information content (AvgIpc) is 2.44. The van der Waals surface area contributed by atoms with Gasteiger partial charge < -0.3 is 15.6 Å². The van der Waals surface area contributed by atoms with Crippen LogP contribution in [0.1, 0.15) is 28.8 Å². The van der Waals surface area contributed by atoms with Gasteiger partial charge in [-0.3, -0.25) is 10.6 Å². The fourth-order valence-electron chi connectivity index (χ4n) is 2.75. The smallest absolute Gasteiger partial charge is 0.251 e. The summed E-state index contributed by atoms with van der Waals surface area (Å²) in [4.78, 5) is 14.5. The van der Waals surface area contributed by atoms with Crippen molar-refractivity contribution in [3.8, 4) is 0 Å². The Balaban J connectivity index is 1.90. The molecular formula is C15H24N4O. The summed E-state index contributed by atoms with van der Waals surface area (Å²) in [5.41, 5.74) is 5.11. The highest BCUT2D eigenvalue weighted by molar-refractivity contribution is 5.94. The molecule has 110 valence electrons. The van der Waals surface area contributed by atoms with Crippen molar-refractivity contribution in [2.75, 3.05) is 32.1 Å². The van der Waals surface area contributed by atoms with Crippen molar-refractivity contribution in [2.24, 2.45) is 11.8 Å². The zero-order valence-corrected chi connectivity index (χ0v) is 12.3. The lowest BCUT2D eigenvalue weighted by molar-refractivity contribution is 0.0937. The monoisotopic (exact) mass is 276 g/mol. The maximum Gasteiger partial charge on any atom is 0.251 e. The number of carbonyl (C=O) groups is 1. The van der Waals surface area contributed by atoms with E-state index in [1.807, 2.05) is 19.1 Å². The van der Waals surface area contributed by atoms with E-state index >= 15 is 0 Å². The summed E-state index contributed by atoms with van der Waals surface area (Å²) in [6.07, 6.45) is 2.41. The standard InChI is InChI=1S/C15H24N4O/c1-11-8-13(5-6-14(11)18-16)15(20)17-9-12-4-3-7-19(2)10-12/h5-6,8,12,18H,3-4,7,9-10,16H2,1-2H3,(H,17,20). The Morgan fingerprint density at radius 1 is 1.50 bits per heavy atom. The number of hydrogen-bond acceptors (Lipinski definition) is 4. The van der Waals surface area contributed by atoms with Crippen molar-refractivity contribution in [3.05, 3.63) is 29.3 Å². The number of rotatable bonds is 4. The highest BCUT2D eigenvalue weighted by Crippen LogP contribution is 2.16. The first-order chi connectivity index (χ1) is 9.60. The summed E-state index contributed by atoms with van der Waals surface area (Å²) < 4.78 is 0. The Morgan fingerprint density at radius 3 is 2.95 bits per heavy atom. The number of anilines is 1. The highest BCUT2D eigenvalue weighted by Gasteiger charge is 2.18. The molecule has 1 aliphatic rings. The minimum Gasteiger partial charge on any atom is -0.352 e. The van der Waals surface area contributed by atoms with Crippen molar-refractivity contribution in [1.29, 1.82) is 0 Å². The van der Waals surface area contributed by atoms with Gasteiger partial charge in [0.05, 0.1) is 5.69 Å². The number of nitrogens with one attached hydrogen (secondary N) is 2. The van der Waals surface area contributed by atoms with Crippen LogP contribution < -0.4 is 16.6 Å². The van der Waals surface area contributed by atoms with Gasteiger partial charge in [0.15, 0.2) is 0 Å². The maximum absolute atomic E-state index is 12.1. The van der Waals surface area contributed by atoms with E-state index in [2.05, 4.69) is 22.7 Å². The lowest BCUT2D eigenvalue weighted by Gasteiger charge is -2.29. The zero-order chi connectivity index (χ0) is 14.5. The van der Waals surface area contributed by atoms with Crippen molar-refractivity contribution >= 4 is 11.6 Å². The third kappa shape index (κ3) is 3.71. The van der Waals surface area contributed by atoms with Crippen molar-refractivity contribution in [3.63, 3.8) is 0 Å². The van der Waals surface area contributed by atoms with E-state index < -0.39 is 0 Å². The van der Waals surface area contributed by atoms with Crippen LogP contribution in [0.5, 0.6) is 0 Å². The maximum atomic E-state index is 12.1. The molecule has 2 rings (SSSR count). The van der Waals surface area contributed by atoms with Crippen LogP contribution in [0.15, 0.2) is 18.2 Å². The lowest BCUT2D eigenvalue weighted by atomic mass is 9.98. The third-order valence-electron chi connectivity index (χ3n) is 3.92. The van der Waals surface area contributed by atoms with Crippen molar-refractivity contribution < 1.29 is 4.79 Å². The fourth-order valence-corrected chi connectivity index (χ4v) is 2.75. The van der Waals surface area contributed by atoms with E-state index in [4.69, 9.17) is 5.84 Å². The largest absolute Gasteiger partial charge is 0.352 e. The first-order valence-corrected chi connectivity index (χ1v) is 7.14. The van der Waals surface area contributed by atoms with Gasteiger partial charge in [-0.25, -0.2) is 0 Å². The van der Waals surface area contributed by atoms with Gasteiger partial charge in [0, 0.05) is 18.7 Å². The van der Waals surface area contributed by atoms with E-state index in [1.54, 1.807) is 6.07 Å². The molecule has 5 nitrogen and oxygen atoms in total. The van der Waals surface area contributed by atoms with Gasteiger partial charge in [-0.15, -0.1) is 0 Å². The Hall–Kier alpha value is -1.59. The second-order valence-corrected chi connectivity index (χ2v) is 5.65. The molecule has 1 saturated heterocycles. The fraction of sp³-hybridized carbons (Fsp3) is 0.533. The van der Waals surface area contributed by atoms with Crippen LogP contribution in [0.4, 0.5) is 5.69 Å². The van der Waals surface area contributed by atoms with Gasteiger partial charge in [-0.2, -0.15) is 0 Å². The SMILES string of the molecule is Cc1cc(C(=O)NCC2CCCN(C)C2)ccc1NN. The zero-order valence-electron chi connectivity index (χ0n) is 12.3. The molecule has 0 aromatic heterocycles. The number of likely N-dealkylation sites (tertiary alicyclic amines) is 1. The number of amides is 1. The number of hydrazine groups is 1. The molecule has 1 unspecified atom stereocenters. The highest BCUT2D eigenvalue weighted by atomic mass is 16.1. The number of hydrogen-bond donors (Lipinski definition) is 3. The van der Waals surface area contributed by atoms with Crippen LogP contribution in [0.2, 0.25) is 0 Å². The number of piperidine rings is 1. The average molecular weight is 276 g/mol. The molecule has 0 spiro atoms. The summed E-state index contributed by atoms with van der Waals surface area (Å²) in [5, 5.41) is 3.04. The molecule has 5 heteroatoms. The molecule has 1 aliphatic heterocycles. The van der Waals surface area contributed by atoms with E-state index in [0.717, 1.165) is 30.9 Å². The molecule has 1 aromatic rings. The van der Waals surface area contributed by atoms with E-state index in [0.29, 0.717) is 11.5 Å². The molecule has 1 amide bonds. The van der Waals surface area contributed by atoms with Crippen LogP contribution in [-0.4, -0.2) is 37.5 Å². The molecule has 1 atom stereocenters. The van der Waals surface area contributed by atoms with Crippen LogP contribution in [0.3, 0.4) is 0 Å². The Bertz CT molecular complexity index is 475. The van der Waals surface area contributed by atoms with Crippen molar-refractivity contribution in [2.45, 2.75) is 19.8 Å². The molecule has 1 aromatic carbocycles. The minimum atomic E-state index is -0.00935. The number of benzene rings is 1. The summed E-state index contributed by atoms with van der Waals surface area (Å²) >= 11 is 0. The van der Waals surface area contributed by atoms with Crippen LogP contribution in [0, 0.1) is 12.8 Å². The van der Waals surface area contributed by atoms with Gasteiger partial charge in [0.1, 0.15) is 0 Å².